The van der Waals surface area contributed by atoms with Crippen LogP contribution in [0.4, 0.5) is 11.4 Å². The Morgan fingerprint density at radius 1 is 1.16 bits per heavy atom. The molecule has 0 spiro atoms. The van der Waals surface area contributed by atoms with Crippen molar-refractivity contribution in [2.24, 2.45) is 0 Å². The average molecular weight is 445 g/mol. The Balaban J connectivity index is 1.87. The Morgan fingerprint density at radius 3 is 2.61 bits per heavy atom. The van der Waals surface area contributed by atoms with Crippen LogP contribution in [-0.2, 0) is 11.3 Å². The third-order valence-corrected chi connectivity index (χ3v) is 4.59. The Hall–Kier alpha value is -3.92. The second-order valence-corrected chi connectivity index (χ2v) is 6.66. The van der Waals surface area contributed by atoms with Crippen molar-refractivity contribution in [3.05, 3.63) is 74.0 Å². The zero-order valence-corrected chi connectivity index (χ0v) is 17.3. The molecule has 1 aromatic heterocycles. The van der Waals surface area contributed by atoms with Gasteiger partial charge in [-0.3, -0.25) is 19.7 Å². The van der Waals surface area contributed by atoms with Gasteiger partial charge < -0.3 is 14.8 Å². The SMILES string of the molecule is COc1ccc(OC)c(-c2ccc(=O)n(CC(=O)Nc3ccc(Cl)c([N+](=O)[O-])c3)n2)c1. The normalized spacial score (nSPS) is 10.4. The predicted octanol–water partition coefficient (Wildman–Crippen LogP) is 3.13. The minimum absolute atomic E-state index is 0.0548. The summed E-state index contributed by atoms with van der Waals surface area (Å²) in [5.74, 6) is 0.481. The summed E-state index contributed by atoms with van der Waals surface area (Å²) < 4.78 is 11.5. The Bertz CT molecular complexity index is 1210. The Kier molecular flexibility index (Phi) is 6.51. The maximum atomic E-state index is 12.4. The molecule has 2 aromatic carbocycles. The molecule has 3 aromatic rings. The fourth-order valence-electron chi connectivity index (χ4n) is 2.79. The number of aromatic nitrogens is 2. The molecule has 160 valence electrons. The number of nitrogens with one attached hydrogen (secondary N) is 1. The molecule has 0 saturated carbocycles. The van der Waals surface area contributed by atoms with Crippen LogP contribution in [0, 0.1) is 10.1 Å². The molecular formula is C20H17ClN4O6. The van der Waals surface area contributed by atoms with Gasteiger partial charge in [0.1, 0.15) is 23.1 Å². The number of ether oxygens (including phenoxy) is 2. The van der Waals surface area contributed by atoms with E-state index in [1.165, 1.54) is 38.5 Å². The molecule has 0 saturated heterocycles. The summed E-state index contributed by atoms with van der Waals surface area (Å²) in [6.07, 6.45) is 0. The molecule has 0 fully saturated rings. The number of carbonyl (C=O) groups excluding carboxylic acids is 1. The highest BCUT2D eigenvalue weighted by Crippen LogP contribution is 2.31. The second-order valence-electron chi connectivity index (χ2n) is 6.25. The highest BCUT2D eigenvalue weighted by Gasteiger charge is 2.16. The number of nitro groups is 1. The van der Waals surface area contributed by atoms with Gasteiger partial charge >= 0.3 is 0 Å². The molecule has 0 atom stereocenters. The molecule has 0 aliphatic carbocycles. The molecule has 1 N–H and O–H groups in total. The molecule has 0 aliphatic rings. The van der Waals surface area contributed by atoms with Crippen molar-refractivity contribution in [2.75, 3.05) is 19.5 Å². The summed E-state index contributed by atoms with van der Waals surface area (Å²) in [5.41, 5.74) is 0.291. The van der Waals surface area contributed by atoms with E-state index in [0.717, 1.165) is 10.7 Å². The number of rotatable bonds is 7. The van der Waals surface area contributed by atoms with Gasteiger partial charge in [-0.1, -0.05) is 11.6 Å². The van der Waals surface area contributed by atoms with Gasteiger partial charge in [0, 0.05) is 23.4 Å². The molecule has 11 heteroatoms. The van der Waals surface area contributed by atoms with Gasteiger partial charge in [0.15, 0.2) is 0 Å². The van der Waals surface area contributed by atoms with E-state index >= 15 is 0 Å². The summed E-state index contributed by atoms with van der Waals surface area (Å²) in [6.45, 7) is -0.407. The first-order valence-electron chi connectivity index (χ1n) is 8.86. The monoisotopic (exact) mass is 444 g/mol. The fourth-order valence-corrected chi connectivity index (χ4v) is 2.97. The first kappa shape index (κ1) is 21.8. The molecule has 1 amide bonds. The van der Waals surface area contributed by atoms with Crippen LogP contribution < -0.4 is 20.3 Å². The van der Waals surface area contributed by atoms with E-state index in [0.29, 0.717) is 22.8 Å². The first-order chi connectivity index (χ1) is 14.8. The molecular weight excluding hydrogens is 428 g/mol. The van der Waals surface area contributed by atoms with Crippen molar-refractivity contribution in [2.45, 2.75) is 6.54 Å². The van der Waals surface area contributed by atoms with E-state index in [1.807, 2.05) is 0 Å². The number of methoxy groups -OCH3 is 2. The third kappa shape index (κ3) is 4.98. The van der Waals surface area contributed by atoms with Crippen molar-refractivity contribution in [1.82, 2.24) is 9.78 Å². The van der Waals surface area contributed by atoms with Crippen molar-refractivity contribution >= 4 is 28.9 Å². The van der Waals surface area contributed by atoms with E-state index in [1.54, 1.807) is 18.2 Å². The summed E-state index contributed by atoms with van der Waals surface area (Å²) in [6, 6.07) is 11.8. The number of benzene rings is 2. The van der Waals surface area contributed by atoms with E-state index in [9.17, 15) is 19.7 Å². The number of hydrogen-bond acceptors (Lipinski definition) is 7. The molecule has 0 radical (unpaired) electrons. The van der Waals surface area contributed by atoms with Crippen molar-refractivity contribution < 1.29 is 19.2 Å². The standard InChI is InChI=1S/C20H17ClN4O6/c1-30-13-4-7-18(31-2)14(10-13)16-6-8-20(27)24(23-16)11-19(26)22-12-3-5-15(21)17(9-12)25(28)29/h3-10H,11H2,1-2H3,(H,22,26). The molecule has 1 heterocycles. The second kappa shape index (κ2) is 9.26. The van der Waals surface area contributed by atoms with Gasteiger partial charge in [0.25, 0.3) is 11.2 Å². The Labute approximate surface area is 181 Å². The van der Waals surface area contributed by atoms with Gasteiger partial charge in [-0.2, -0.15) is 5.10 Å². The number of carbonyl (C=O) groups is 1. The maximum Gasteiger partial charge on any atom is 0.289 e. The van der Waals surface area contributed by atoms with E-state index < -0.39 is 22.9 Å². The zero-order chi connectivity index (χ0) is 22.5. The first-order valence-corrected chi connectivity index (χ1v) is 9.24. The lowest BCUT2D eigenvalue weighted by Gasteiger charge is -2.12. The lowest BCUT2D eigenvalue weighted by atomic mass is 10.1. The fraction of sp³-hybridized carbons (Fsp3) is 0.150. The summed E-state index contributed by atoms with van der Waals surface area (Å²) in [4.78, 5) is 35.0. The maximum absolute atomic E-state index is 12.4. The number of nitro benzene ring substituents is 1. The smallest absolute Gasteiger partial charge is 0.289 e. The van der Waals surface area contributed by atoms with Gasteiger partial charge in [-0.15, -0.1) is 0 Å². The van der Waals surface area contributed by atoms with Crippen LogP contribution in [0.25, 0.3) is 11.3 Å². The largest absolute Gasteiger partial charge is 0.497 e. The van der Waals surface area contributed by atoms with Crippen LogP contribution in [-0.4, -0.2) is 34.8 Å². The predicted molar refractivity (Wildman–Crippen MR) is 114 cm³/mol. The molecule has 3 rings (SSSR count). The summed E-state index contributed by atoms with van der Waals surface area (Å²) >= 11 is 5.77. The lowest BCUT2D eigenvalue weighted by molar-refractivity contribution is -0.384. The zero-order valence-electron chi connectivity index (χ0n) is 16.5. The summed E-state index contributed by atoms with van der Waals surface area (Å²) in [7, 11) is 3.02. The summed E-state index contributed by atoms with van der Waals surface area (Å²) in [5, 5.41) is 17.7. The van der Waals surface area contributed by atoms with Crippen LogP contribution in [0.5, 0.6) is 11.5 Å². The number of halogens is 1. The minimum Gasteiger partial charge on any atom is -0.497 e. The van der Waals surface area contributed by atoms with Crippen LogP contribution in [0.1, 0.15) is 0 Å². The number of amides is 1. The van der Waals surface area contributed by atoms with Crippen molar-refractivity contribution in [3.63, 3.8) is 0 Å². The van der Waals surface area contributed by atoms with Gasteiger partial charge in [0.05, 0.1) is 24.8 Å². The number of hydrogen-bond donors (Lipinski definition) is 1. The topological polar surface area (TPSA) is 126 Å². The van der Waals surface area contributed by atoms with Gasteiger partial charge in [0.2, 0.25) is 5.91 Å². The van der Waals surface area contributed by atoms with E-state index in [2.05, 4.69) is 10.4 Å². The molecule has 0 bridgehead atoms. The third-order valence-electron chi connectivity index (χ3n) is 4.27. The minimum atomic E-state index is -0.658. The number of anilines is 1. The highest BCUT2D eigenvalue weighted by atomic mass is 35.5. The highest BCUT2D eigenvalue weighted by molar-refractivity contribution is 6.32. The number of nitrogens with zero attached hydrogens (tertiary/aromatic N) is 3. The average Bonchev–Trinajstić information content (AvgIpc) is 2.76. The molecule has 31 heavy (non-hydrogen) atoms. The van der Waals surface area contributed by atoms with Crippen molar-refractivity contribution in [1.29, 1.82) is 0 Å². The molecule has 0 unspecified atom stereocenters. The van der Waals surface area contributed by atoms with E-state index in [4.69, 9.17) is 21.1 Å². The van der Waals surface area contributed by atoms with Crippen molar-refractivity contribution in [3.8, 4) is 22.8 Å². The van der Waals surface area contributed by atoms with Crippen LogP contribution in [0.15, 0.2) is 53.3 Å². The van der Waals surface area contributed by atoms with Gasteiger partial charge in [-0.05, 0) is 36.4 Å². The van der Waals surface area contributed by atoms with Gasteiger partial charge in [-0.25, -0.2) is 4.68 Å². The van der Waals surface area contributed by atoms with Crippen LogP contribution in [0.2, 0.25) is 5.02 Å². The van der Waals surface area contributed by atoms with E-state index in [-0.39, 0.29) is 16.4 Å². The van der Waals surface area contributed by atoms with Crippen LogP contribution >= 0.6 is 11.6 Å². The quantitative estimate of drug-likeness (QED) is 0.438. The Morgan fingerprint density at radius 2 is 1.94 bits per heavy atom. The lowest BCUT2D eigenvalue weighted by Crippen LogP contribution is -2.29. The van der Waals surface area contributed by atoms with Crippen LogP contribution in [0.3, 0.4) is 0 Å². The molecule has 10 nitrogen and oxygen atoms in total. The molecule has 0 aliphatic heterocycles.